The summed E-state index contributed by atoms with van der Waals surface area (Å²) in [4.78, 5) is 51.8. The summed E-state index contributed by atoms with van der Waals surface area (Å²) in [5, 5.41) is 2.74. The number of imide groups is 1. The number of carbonyl (C=O) groups excluding carboxylic acids is 4. The highest BCUT2D eigenvalue weighted by Crippen LogP contribution is 2.32. The van der Waals surface area contributed by atoms with Gasteiger partial charge in [-0.1, -0.05) is 12.1 Å². The zero-order chi connectivity index (χ0) is 23.1. The number of benzene rings is 2. The second kappa shape index (κ2) is 7.98. The lowest BCUT2D eigenvalue weighted by molar-refractivity contribution is -0.130. The van der Waals surface area contributed by atoms with E-state index in [1.165, 1.54) is 25.1 Å². The number of hydrogen-bond acceptors (Lipinski definition) is 5. The zero-order valence-corrected chi connectivity index (χ0v) is 18.5. The van der Waals surface area contributed by atoms with Crippen LogP contribution >= 0.6 is 0 Å². The van der Waals surface area contributed by atoms with Crippen LogP contribution in [0.25, 0.3) is 0 Å². The van der Waals surface area contributed by atoms with Crippen molar-refractivity contribution in [2.75, 3.05) is 4.90 Å². The van der Waals surface area contributed by atoms with Gasteiger partial charge in [-0.05, 0) is 76.9 Å². The van der Waals surface area contributed by atoms with Gasteiger partial charge in [-0.2, -0.15) is 0 Å². The van der Waals surface area contributed by atoms with Gasteiger partial charge >= 0.3 is 5.97 Å². The smallest absolute Gasteiger partial charge is 0.338 e. The molecule has 0 aliphatic carbocycles. The maximum atomic E-state index is 13.0. The Morgan fingerprint density at radius 2 is 1.61 bits per heavy atom. The highest BCUT2D eigenvalue weighted by Gasteiger charge is 2.38. The van der Waals surface area contributed by atoms with Crippen LogP contribution in [0, 0.1) is 13.8 Å². The van der Waals surface area contributed by atoms with Crippen molar-refractivity contribution in [2.24, 2.45) is 0 Å². The van der Waals surface area contributed by atoms with E-state index in [9.17, 15) is 19.2 Å². The molecule has 31 heavy (non-hydrogen) atoms. The second-order valence-corrected chi connectivity index (χ2v) is 8.78. The van der Waals surface area contributed by atoms with Gasteiger partial charge in [0.05, 0.1) is 22.4 Å². The lowest BCUT2D eigenvalue weighted by atomic mass is 10.1. The van der Waals surface area contributed by atoms with Crippen LogP contribution < -0.4 is 10.2 Å². The third kappa shape index (κ3) is 4.50. The van der Waals surface area contributed by atoms with Gasteiger partial charge < -0.3 is 10.1 Å². The molecule has 1 aliphatic rings. The molecular formula is C24H26N2O5. The van der Waals surface area contributed by atoms with Crippen LogP contribution in [0.3, 0.4) is 0 Å². The molecule has 0 aromatic heterocycles. The molecule has 2 aromatic carbocycles. The van der Waals surface area contributed by atoms with E-state index in [2.05, 4.69) is 5.32 Å². The van der Waals surface area contributed by atoms with Gasteiger partial charge in [0, 0.05) is 5.54 Å². The number of ether oxygens (including phenoxy) is 1. The lowest BCUT2D eigenvalue weighted by Gasteiger charge is -2.23. The molecular weight excluding hydrogens is 396 g/mol. The van der Waals surface area contributed by atoms with E-state index in [4.69, 9.17) is 4.74 Å². The summed E-state index contributed by atoms with van der Waals surface area (Å²) >= 11 is 0. The summed E-state index contributed by atoms with van der Waals surface area (Å²) in [6.45, 7) is 10.7. The Morgan fingerprint density at radius 1 is 0.968 bits per heavy atom. The molecule has 0 bridgehead atoms. The number of rotatable bonds is 4. The maximum Gasteiger partial charge on any atom is 0.338 e. The van der Waals surface area contributed by atoms with Crippen LogP contribution in [0.5, 0.6) is 0 Å². The monoisotopic (exact) mass is 422 g/mol. The Bertz CT molecular complexity index is 1100. The highest BCUT2D eigenvalue weighted by molar-refractivity contribution is 6.35. The molecule has 7 heteroatoms. The lowest BCUT2D eigenvalue weighted by Crippen LogP contribution is -2.46. The largest absolute Gasteiger partial charge is 0.449 e. The number of anilines is 1. The summed E-state index contributed by atoms with van der Waals surface area (Å²) in [7, 11) is 0. The first kappa shape index (κ1) is 22.2. The first-order chi connectivity index (χ1) is 14.4. The standard InChI is InChI=1S/C24H26N2O5/c1-13-7-8-14(2)19(11-13)26-21(28)17-10-9-16(12-18(17)22(26)29)23(30)31-15(3)20(27)25-24(4,5)6/h7-12,15H,1-6H3,(H,25,27)/t15-/m0/s1. The highest BCUT2D eigenvalue weighted by atomic mass is 16.5. The molecule has 0 fully saturated rings. The maximum absolute atomic E-state index is 13.0. The minimum absolute atomic E-state index is 0.0955. The Kier molecular flexibility index (Phi) is 5.72. The third-order valence-electron chi connectivity index (χ3n) is 4.88. The Balaban J connectivity index is 1.84. The van der Waals surface area contributed by atoms with E-state index in [0.717, 1.165) is 16.0 Å². The van der Waals surface area contributed by atoms with Crippen molar-refractivity contribution >= 4 is 29.4 Å². The molecule has 1 N–H and O–H groups in total. The summed E-state index contributed by atoms with van der Waals surface area (Å²) in [6, 6.07) is 9.74. The van der Waals surface area contributed by atoms with Crippen LogP contribution in [0.15, 0.2) is 36.4 Å². The Labute approximate surface area is 181 Å². The molecule has 0 saturated heterocycles. The number of nitrogens with zero attached hydrogens (tertiary/aromatic N) is 1. The van der Waals surface area contributed by atoms with Gasteiger partial charge in [-0.15, -0.1) is 0 Å². The molecule has 0 radical (unpaired) electrons. The van der Waals surface area contributed by atoms with Gasteiger partial charge in [-0.25, -0.2) is 9.69 Å². The first-order valence-electron chi connectivity index (χ1n) is 10.0. The van der Waals surface area contributed by atoms with Crippen molar-refractivity contribution in [3.05, 3.63) is 64.2 Å². The topological polar surface area (TPSA) is 92.8 Å². The Morgan fingerprint density at radius 3 is 2.26 bits per heavy atom. The van der Waals surface area contributed by atoms with Crippen LogP contribution in [-0.4, -0.2) is 35.3 Å². The van der Waals surface area contributed by atoms with Gasteiger partial charge in [-0.3, -0.25) is 14.4 Å². The molecule has 1 atom stereocenters. The van der Waals surface area contributed by atoms with Crippen molar-refractivity contribution in [2.45, 2.75) is 53.2 Å². The molecule has 1 heterocycles. The molecule has 0 saturated carbocycles. The number of esters is 1. The first-order valence-corrected chi connectivity index (χ1v) is 10.0. The van der Waals surface area contributed by atoms with Gasteiger partial charge in [0.1, 0.15) is 0 Å². The number of aryl methyl sites for hydroxylation is 2. The SMILES string of the molecule is Cc1ccc(C)c(N2C(=O)c3ccc(C(=O)O[C@@H](C)C(=O)NC(C)(C)C)cc3C2=O)c1. The van der Waals surface area contributed by atoms with Crippen molar-refractivity contribution < 1.29 is 23.9 Å². The molecule has 0 spiro atoms. The van der Waals surface area contributed by atoms with E-state index in [1.807, 2.05) is 46.8 Å². The molecule has 3 amide bonds. The summed E-state index contributed by atoms with van der Waals surface area (Å²) < 4.78 is 5.25. The fourth-order valence-electron chi connectivity index (χ4n) is 3.30. The fraction of sp³-hybridized carbons (Fsp3) is 0.333. The predicted molar refractivity (Wildman–Crippen MR) is 116 cm³/mol. The van der Waals surface area contributed by atoms with Gasteiger partial charge in [0.25, 0.3) is 17.7 Å². The number of fused-ring (bicyclic) bond motifs is 1. The third-order valence-corrected chi connectivity index (χ3v) is 4.88. The molecule has 0 unspecified atom stereocenters. The predicted octanol–water partition coefficient (Wildman–Crippen LogP) is 3.56. The van der Waals surface area contributed by atoms with E-state index >= 15 is 0 Å². The van der Waals surface area contributed by atoms with Crippen molar-refractivity contribution in [1.82, 2.24) is 5.32 Å². The second-order valence-electron chi connectivity index (χ2n) is 8.78. The summed E-state index contributed by atoms with van der Waals surface area (Å²) in [5.41, 5.74) is 2.21. The summed E-state index contributed by atoms with van der Waals surface area (Å²) in [6.07, 6.45) is -1.01. The van der Waals surface area contributed by atoms with Crippen LogP contribution in [-0.2, 0) is 9.53 Å². The fourth-order valence-corrected chi connectivity index (χ4v) is 3.30. The summed E-state index contributed by atoms with van der Waals surface area (Å²) in [5.74, 6) is -2.10. The number of carbonyl (C=O) groups is 4. The molecule has 162 valence electrons. The zero-order valence-electron chi connectivity index (χ0n) is 18.5. The van der Waals surface area contributed by atoms with E-state index < -0.39 is 35.3 Å². The number of nitrogens with one attached hydrogen (secondary N) is 1. The van der Waals surface area contributed by atoms with E-state index in [1.54, 1.807) is 6.07 Å². The Hall–Kier alpha value is -3.48. The van der Waals surface area contributed by atoms with Crippen molar-refractivity contribution in [3.8, 4) is 0 Å². The molecule has 7 nitrogen and oxygen atoms in total. The van der Waals surface area contributed by atoms with E-state index in [0.29, 0.717) is 5.69 Å². The average Bonchev–Trinajstić information content (AvgIpc) is 2.92. The van der Waals surface area contributed by atoms with E-state index in [-0.39, 0.29) is 16.7 Å². The van der Waals surface area contributed by atoms with Crippen molar-refractivity contribution in [1.29, 1.82) is 0 Å². The normalized spacial score (nSPS) is 14.3. The van der Waals surface area contributed by atoms with Crippen LogP contribution in [0.4, 0.5) is 5.69 Å². The van der Waals surface area contributed by atoms with Crippen LogP contribution in [0.2, 0.25) is 0 Å². The van der Waals surface area contributed by atoms with Crippen LogP contribution in [0.1, 0.15) is 69.9 Å². The molecule has 1 aliphatic heterocycles. The minimum atomic E-state index is -1.01. The number of hydrogen-bond donors (Lipinski definition) is 1. The molecule has 2 aromatic rings. The van der Waals surface area contributed by atoms with Crippen molar-refractivity contribution in [3.63, 3.8) is 0 Å². The van der Waals surface area contributed by atoms with Gasteiger partial charge in [0.15, 0.2) is 6.10 Å². The number of amides is 3. The van der Waals surface area contributed by atoms with Gasteiger partial charge in [0.2, 0.25) is 0 Å². The minimum Gasteiger partial charge on any atom is -0.449 e. The quantitative estimate of drug-likeness (QED) is 0.601. The molecule has 3 rings (SSSR count). The average molecular weight is 422 g/mol.